The Morgan fingerprint density at radius 1 is 1.04 bits per heavy atom. The van der Waals surface area contributed by atoms with E-state index >= 15 is 0 Å². The second-order valence-corrected chi connectivity index (χ2v) is 6.60. The van der Waals surface area contributed by atoms with E-state index in [-0.39, 0.29) is 11.6 Å². The summed E-state index contributed by atoms with van der Waals surface area (Å²) in [6.07, 6.45) is 1.62. The normalized spacial score (nSPS) is 15.1. The van der Waals surface area contributed by atoms with E-state index < -0.39 is 5.97 Å². The van der Waals surface area contributed by atoms with Crippen molar-refractivity contribution < 1.29 is 9.53 Å². The minimum absolute atomic E-state index is 0.197. The van der Waals surface area contributed by atoms with Gasteiger partial charge in [-0.05, 0) is 44.2 Å². The smallest absolute Gasteiger partial charge is 0.363 e. The van der Waals surface area contributed by atoms with Crippen molar-refractivity contribution >= 4 is 29.5 Å². The first-order chi connectivity index (χ1) is 13.0. The molecule has 5 nitrogen and oxygen atoms in total. The molecule has 2 heterocycles. The van der Waals surface area contributed by atoms with Gasteiger partial charge in [0, 0.05) is 11.1 Å². The Hall–Kier alpha value is -3.18. The lowest BCUT2D eigenvalue weighted by Gasteiger charge is -2.03. The van der Waals surface area contributed by atoms with Crippen LogP contribution in [0.2, 0.25) is 5.15 Å². The number of carbonyl (C=O) groups is 1. The molecule has 1 aromatic heterocycles. The van der Waals surface area contributed by atoms with E-state index in [1.807, 2.05) is 68.4 Å². The summed E-state index contributed by atoms with van der Waals surface area (Å²) in [5, 5.41) is 4.91. The maximum atomic E-state index is 12.2. The van der Waals surface area contributed by atoms with E-state index in [4.69, 9.17) is 16.3 Å². The number of cyclic esters (lactones) is 1. The summed E-state index contributed by atoms with van der Waals surface area (Å²) in [5.41, 5.74) is 4.28. The summed E-state index contributed by atoms with van der Waals surface area (Å²) in [6, 6.07) is 17.2. The van der Waals surface area contributed by atoms with Crippen LogP contribution < -0.4 is 0 Å². The fourth-order valence-corrected chi connectivity index (χ4v) is 3.11. The van der Waals surface area contributed by atoms with Gasteiger partial charge < -0.3 is 4.74 Å². The number of esters is 1. The first-order valence-corrected chi connectivity index (χ1v) is 8.81. The molecule has 4 rings (SSSR count). The van der Waals surface area contributed by atoms with Crippen LogP contribution in [0.5, 0.6) is 0 Å². The Balaban J connectivity index is 1.73. The van der Waals surface area contributed by atoms with Gasteiger partial charge >= 0.3 is 5.97 Å². The summed E-state index contributed by atoms with van der Waals surface area (Å²) >= 11 is 6.54. The molecule has 0 unspecified atom stereocenters. The van der Waals surface area contributed by atoms with Crippen LogP contribution in [0.1, 0.15) is 22.4 Å². The largest absolute Gasteiger partial charge is 0.402 e. The molecule has 0 radical (unpaired) electrons. The molecular weight excluding hydrogens is 362 g/mol. The zero-order valence-corrected chi connectivity index (χ0v) is 15.6. The number of hydrogen-bond donors (Lipinski definition) is 0. The number of rotatable bonds is 3. The average Bonchev–Trinajstić information content (AvgIpc) is 3.18. The van der Waals surface area contributed by atoms with Crippen molar-refractivity contribution in [3.63, 3.8) is 0 Å². The van der Waals surface area contributed by atoms with Crippen molar-refractivity contribution in [2.24, 2.45) is 4.99 Å². The first kappa shape index (κ1) is 17.2. The molecule has 1 aliphatic rings. The third-order valence-electron chi connectivity index (χ3n) is 4.25. The van der Waals surface area contributed by atoms with Gasteiger partial charge in [-0.25, -0.2) is 14.5 Å². The first-order valence-electron chi connectivity index (χ1n) is 8.43. The van der Waals surface area contributed by atoms with Crippen LogP contribution in [0.15, 0.2) is 65.3 Å². The molecule has 0 N–H and O–H groups in total. The van der Waals surface area contributed by atoms with Crippen LogP contribution in [0.25, 0.3) is 11.8 Å². The summed E-state index contributed by atoms with van der Waals surface area (Å²) in [4.78, 5) is 16.5. The van der Waals surface area contributed by atoms with Gasteiger partial charge in [0.2, 0.25) is 5.90 Å². The highest BCUT2D eigenvalue weighted by atomic mass is 35.5. The van der Waals surface area contributed by atoms with Crippen LogP contribution >= 0.6 is 11.6 Å². The molecule has 2 aromatic carbocycles. The molecule has 0 fully saturated rings. The molecule has 0 aliphatic carbocycles. The Morgan fingerprint density at radius 3 is 2.44 bits per heavy atom. The van der Waals surface area contributed by atoms with E-state index in [1.165, 1.54) is 0 Å². The maximum Gasteiger partial charge on any atom is 0.363 e. The molecule has 3 aromatic rings. The van der Waals surface area contributed by atoms with Crippen molar-refractivity contribution in [3.05, 3.63) is 87.8 Å². The van der Waals surface area contributed by atoms with Gasteiger partial charge in [0.1, 0.15) is 5.15 Å². The Morgan fingerprint density at radius 2 is 1.74 bits per heavy atom. The van der Waals surface area contributed by atoms with Crippen molar-refractivity contribution in [2.75, 3.05) is 0 Å². The molecule has 0 saturated carbocycles. The third kappa shape index (κ3) is 3.29. The number of benzene rings is 2. The SMILES string of the molecule is Cc1ccc(-n2nc(C)c(C=C3N=C(c4ccccc4)OC3=O)c2Cl)cc1. The van der Waals surface area contributed by atoms with Crippen molar-refractivity contribution in [1.29, 1.82) is 0 Å². The molecule has 0 saturated heterocycles. The third-order valence-corrected chi connectivity index (χ3v) is 4.61. The van der Waals surface area contributed by atoms with Gasteiger partial charge in [-0.2, -0.15) is 5.10 Å². The van der Waals surface area contributed by atoms with Crippen LogP contribution in [-0.2, 0) is 9.53 Å². The van der Waals surface area contributed by atoms with Gasteiger partial charge in [-0.3, -0.25) is 0 Å². The van der Waals surface area contributed by atoms with Crippen molar-refractivity contribution in [2.45, 2.75) is 13.8 Å². The second-order valence-electron chi connectivity index (χ2n) is 6.24. The van der Waals surface area contributed by atoms with E-state index in [1.54, 1.807) is 10.8 Å². The van der Waals surface area contributed by atoms with Gasteiger partial charge in [0.15, 0.2) is 5.70 Å². The molecular formula is C21H16ClN3O2. The quantitative estimate of drug-likeness (QED) is 0.499. The maximum absolute atomic E-state index is 12.2. The highest BCUT2D eigenvalue weighted by Crippen LogP contribution is 2.28. The number of aliphatic imine (C=N–C) groups is 1. The minimum Gasteiger partial charge on any atom is -0.402 e. The van der Waals surface area contributed by atoms with E-state index in [2.05, 4.69) is 10.1 Å². The molecule has 0 amide bonds. The highest BCUT2D eigenvalue weighted by Gasteiger charge is 2.25. The summed E-state index contributed by atoms with van der Waals surface area (Å²) in [7, 11) is 0. The lowest BCUT2D eigenvalue weighted by atomic mass is 10.2. The fourth-order valence-electron chi connectivity index (χ4n) is 2.78. The second kappa shape index (κ2) is 6.85. The number of aromatic nitrogens is 2. The highest BCUT2D eigenvalue weighted by molar-refractivity contribution is 6.31. The Kier molecular flexibility index (Phi) is 4.38. The topological polar surface area (TPSA) is 56.5 Å². The van der Waals surface area contributed by atoms with Crippen LogP contribution in [-0.4, -0.2) is 21.6 Å². The summed E-state index contributed by atoms with van der Waals surface area (Å²) < 4.78 is 6.93. The number of hydrogen-bond acceptors (Lipinski definition) is 4. The standard InChI is InChI=1S/C21H16ClN3O2/c1-13-8-10-16(11-9-13)25-19(22)17(14(2)24-25)12-18-21(26)27-20(23-18)15-6-4-3-5-7-15/h3-12H,1-2H3. The van der Waals surface area contributed by atoms with Crippen LogP contribution in [0, 0.1) is 13.8 Å². The van der Waals surface area contributed by atoms with E-state index in [9.17, 15) is 4.79 Å². The van der Waals surface area contributed by atoms with Gasteiger partial charge in [-0.15, -0.1) is 0 Å². The van der Waals surface area contributed by atoms with E-state index in [0.29, 0.717) is 16.4 Å². The molecule has 27 heavy (non-hydrogen) atoms. The lowest BCUT2D eigenvalue weighted by Crippen LogP contribution is -2.04. The number of carbonyl (C=O) groups excluding carboxylic acids is 1. The summed E-state index contributed by atoms with van der Waals surface area (Å²) in [6.45, 7) is 3.86. The minimum atomic E-state index is -0.507. The number of nitrogens with zero attached hydrogens (tertiary/aromatic N) is 3. The van der Waals surface area contributed by atoms with Crippen molar-refractivity contribution in [1.82, 2.24) is 9.78 Å². The predicted octanol–water partition coefficient (Wildman–Crippen LogP) is 4.49. The number of aryl methyl sites for hydroxylation is 2. The van der Waals surface area contributed by atoms with Gasteiger partial charge in [-0.1, -0.05) is 47.5 Å². The fraction of sp³-hybridized carbons (Fsp3) is 0.0952. The number of ether oxygens (including phenoxy) is 1. The molecule has 0 atom stereocenters. The zero-order chi connectivity index (χ0) is 19.0. The average molecular weight is 378 g/mol. The van der Waals surface area contributed by atoms with Crippen molar-refractivity contribution in [3.8, 4) is 5.69 Å². The van der Waals surface area contributed by atoms with Crippen LogP contribution in [0.4, 0.5) is 0 Å². The molecule has 0 bridgehead atoms. The Bertz CT molecular complexity index is 1080. The van der Waals surface area contributed by atoms with E-state index in [0.717, 1.165) is 16.8 Å². The lowest BCUT2D eigenvalue weighted by molar-refractivity contribution is -0.129. The monoisotopic (exact) mass is 377 g/mol. The molecule has 1 aliphatic heterocycles. The predicted molar refractivity (Wildman–Crippen MR) is 105 cm³/mol. The molecule has 6 heteroatoms. The molecule has 0 spiro atoms. The number of halogens is 1. The molecule has 134 valence electrons. The zero-order valence-electron chi connectivity index (χ0n) is 14.8. The van der Waals surface area contributed by atoms with Gasteiger partial charge in [0.05, 0.1) is 11.4 Å². The van der Waals surface area contributed by atoms with Gasteiger partial charge in [0.25, 0.3) is 0 Å². The summed E-state index contributed by atoms with van der Waals surface area (Å²) in [5.74, 6) is -0.223. The van der Waals surface area contributed by atoms with Crippen LogP contribution in [0.3, 0.4) is 0 Å². The Labute approximate surface area is 161 Å².